The first-order valence-electron chi connectivity index (χ1n) is 10.5. The summed E-state index contributed by atoms with van der Waals surface area (Å²) in [6.45, 7) is 5.42. The van der Waals surface area contributed by atoms with Crippen LogP contribution in [-0.4, -0.2) is 17.5 Å². The number of hydrogen-bond donors (Lipinski definition) is 0. The van der Waals surface area contributed by atoms with Gasteiger partial charge in [-0.25, -0.2) is 17.6 Å². The summed E-state index contributed by atoms with van der Waals surface area (Å²) in [5, 5.41) is 0.767. The Kier molecular flexibility index (Phi) is 16.3. The van der Waals surface area contributed by atoms with E-state index in [1.165, 1.54) is 63.9 Å². The Balaban J connectivity index is 0.000000694. The van der Waals surface area contributed by atoms with Gasteiger partial charge in [-0.2, -0.15) is 0 Å². The minimum atomic E-state index is -4.17. The van der Waals surface area contributed by atoms with E-state index in [9.17, 15) is 13.0 Å². The first kappa shape index (κ1) is 25.9. The summed E-state index contributed by atoms with van der Waals surface area (Å²) in [6.07, 6.45) is 22.4. The minimum absolute atomic E-state index is 0.693. The van der Waals surface area contributed by atoms with Crippen LogP contribution in [0.4, 0.5) is 0 Å². The second kappa shape index (κ2) is 17.0. The summed E-state index contributed by atoms with van der Waals surface area (Å²) in [5.74, 6) is 0. The van der Waals surface area contributed by atoms with Crippen molar-refractivity contribution in [1.82, 2.24) is 4.57 Å². The topological polar surface area (TPSA) is 66.0 Å². The van der Waals surface area contributed by atoms with Gasteiger partial charge < -0.3 is 4.55 Å². The first-order chi connectivity index (χ1) is 12.9. The van der Waals surface area contributed by atoms with Crippen LogP contribution in [0.15, 0.2) is 30.2 Å². The average molecular weight is 401 g/mol. The third-order valence-corrected chi connectivity index (χ3v) is 4.95. The molecule has 27 heavy (non-hydrogen) atoms. The van der Waals surface area contributed by atoms with Crippen LogP contribution in [0.1, 0.15) is 90.9 Å². The third kappa shape index (κ3) is 19.4. The smallest absolute Gasteiger partial charge is 0.243 e. The molecule has 0 aliphatic heterocycles. The highest BCUT2D eigenvalue weighted by molar-refractivity contribution is 7.88. The predicted molar refractivity (Wildman–Crippen MR) is 111 cm³/mol. The second-order valence-corrected chi connectivity index (χ2v) is 8.36. The Morgan fingerprint density at radius 1 is 0.926 bits per heavy atom. The molecule has 0 aromatic carbocycles. The molecule has 1 heterocycles. The Morgan fingerprint density at radius 3 is 1.81 bits per heavy atom. The summed E-state index contributed by atoms with van der Waals surface area (Å²) in [6, 6.07) is 0. The third-order valence-electron chi connectivity index (χ3n) is 4.43. The average Bonchev–Trinajstić information content (AvgIpc) is 3.04. The lowest BCUT2D eigenvalue weighted by molar-refractivity contribution is -0.671. The van der Waals surface area contributed by atoms with Crippen LogP contribution in [0, 0.1) is 0 Å². The van der Waals surface area contributed by atoms with Crippen molar-refractivity contribution in [1.29, 1.82) is 0 Å². The van der Waals surface area contributed by atoms with Crippen molar-refractivity contribution in [2.75, 3.05) is 0 Å². The SMILES string of the molecule is CCCCCCCCCCCCCC=CS(=O)(=O)[O-].CCn1cc[n+](C)c1. The van der Waals surface area contributed by atoms with E-state index in [2.05, 4.69) is 30.9 Å². The molecule has 0 atom stereocenters. The molecule has 0 radical (unpaired) electrons. The van der Waals surface area contributed by atoms with Gasteiger partial charge >= 0.3 is 0 Å². The van der Waals surface area contributed by atoms with Crippen molar-refractivity contribution in [2.24, 2.45) is 7.05 Å². The number of unbranched alkanes of at least 4 members (excludes halogenated alkanes) is 11. The molecule has 0 fully saturated rings. The molecule has 0 spiro atoms. The van der Waals surface area contributed by atoms with Crippen molar-refractivity contribution in [3.8, 4) is 0 Å². The highest BCUT2D eigenvalue weighted by atomic mass is 32.2. The number of hydrogen-bond acceptors (Lipinski definition) is 3. The van der Waals surface area contributed by atoms with Crippen molar-refractivity contribution in [2.45, 2.75) is 97.4 Å². The molecule has 0 bridgehead atoms. The van der Waals surface area contributed by atoms with Gasteiger partial charge in [-0.3, -0.25) is 0 Å². The molecule has 5 nitrogen and oxygen atoms in total. The van der Waals surface area contributed by atoms with Crippen LogP contribution >= 0.6 is 0 Å². The largest absolute Gasteiger partial charge is 0.744 e. The maximum atomic E-state index is 10.3. The Hall–Kier alpha value is -1.14. The maximum absolute atomic E-state index is 10.3. The molecule has 6 heteroatoms. The molecular formula is C21H40N2O3S. The fraction of sp³-hybridized carbons (Fsp3) is 0.762. The van der Waals surface area contributed by atoms with Crippen molar-refractivity contribution in [3.63, 3.8) is 0 Å². The van der Waals surface area contributed by atoms with E-state index in [1.807, 2.05) is 17.8 Å². The predicted octanol–water partition coefficient (Wildman–Crippen LogP) is 5.08. The molecule has 0 saturated carbocycles. The number of imidazole rings is 1. The molecule has 0 amide bonds. The van der Waals surface area contributed by atoms with Crippen LogP contribution in [0.3, 0.4) is 0 Å². The van der Waals surface area contributed by atoms with Crippen molar-refractivity contribution >= 4 is 10.1 Å². The number of aryl methyl sites for hydroxylation is 2. The van der Waals surface area contributed by atoms with Crippen LogP contribution in [-0.2, 0) is 23.7 Å². The first-order valence-corrected chi connectivity index (χ1v) is 12.0. The zero-order valence-corrected chi connectivity index (χ0v) is 18.4. The van der Waals surface area contributed by atoms with Crippen molar-refractivity contribution in [3.05, 3.63) is 30.2 Å². The Bertz CT molecular complexity index is 580. The standard InChI is InChI=1S/C15H30O3S.C6H11N2/c1-2-3-4-5-6-7-8-9-10-11-12-13-14-15-19(16,17)18;1-3-8-5-4-7(2)6-8/h14-15H,2-13H2,1H3,(H,16,17,18);4-6H,3H2,1-2H3/q;+1/p-1. The maximum Gasteiger partial charge on any atom is 0.243 e. The fourth-order valence-corrected chi connectivity index (χ4v) is 3.17. The van der Waals surface area contributed by atoms with Gasteiger partial charge in [-0.15, -0.1) is 0 Å². The van der Waals surface area contributed by atoms with E-state index in [4.69, 9.17) is 0 Å². The van der Waals surface area contributed by atoms with Gasteiger partial charge in [0.05, 0.1) is 13.6 Å². The molecule has 1 aromatic heterocycles. The quantitative estimate of drug-likeness (QED) is 0.248. The molecular weight excluding hydrogens is 360 g/mol. The van der Waals surface area contributed by atoms with Gasteiger partial charge in [0.15, 0.2) is 0 Å². The van der Waals surface area contributed by atoms with E-state index in [0.717, 1.165) is 24.8 Å². The second-order valence-electron chi connectivity index (χ2n) is 7.10. The van der Waals surface area contributed by atoms with Gasteiger partial charge in [0.2, 0.25) is 6.33 Å². The van der Waals surface area contributed by atoms with Crippen LogP contribution < -0.4 is 4.57 Å². The lowest BCUT2D eigenvalue weighted by atomic mass is 10.1. The van der Waals surface area contributed by atoms with Crippen molar-refractivity contribution < 1.29 is 17.5 Å². The summed E-state index contributed by atoms with van der Waals surface area (Å²) < 4.78 is 35.0. The van der Waals surface area contributed by atoms with Gasteiger partial charge in [0, 0.05) is 5.41 Å². The summed E-state index contributed by atoms with van der Waals surface area (Å²) in [5.41, 5.74) is 0. The summed E-state index contributed by atoms with van der Waals surface area (Å²) in [4.78, 5) is 0. The van der Waals surface area contributed by atoms with Gasteiger partial charge in [0.25, 0.3) is 0 Å². The van der Waals surface area contributed by atoms with Gasteiger partial charge in [-0.05, 0) is 19.8 Å². The number of aromatic nitrogens is 2. The Labute approximate surface area is 167 Å². The molecule has 0 N–H and O–H groups in total. The van der Waals surface area contributed by atoms with E-state index in [0.29, 0.717) is 6.42 Å². The number of nitrogens with zero attached hydrogens (tertiary/aromatic N) is 2. The van der Waals surface area contributed by atoms with Crippen LogP contribution in [0.2, 0.25) is 0 Å². The lowest BCUT2D eigenvalue weighted by Crippen LogP contribution is -2.23. The normalized spacial score (nSPS) is 11.6. The lowest BCUT2D eigenvalue weighted by Gasteiger charge is -2.02. The zero-order valence-electron chi connectivity index (χ0n) is 17.6. The minimum Gasteiger partial charge on any atom is -0.744 e. The molecule has 0 aliphatic carbocycles. The highest BCUT2D eigenvalue weighted by Gasteiger charge is 1.93. The van der Waals surface area contributed by atoms with Crippen LogP contribution in [0.25, 0.3) is 0 Å². The molecule has 1 aromatic rings. The summed E-state index contributed by atoms with van der Waals surface area (Å²) >= 11 is 0. The molecule has 0 unspecified atom stereocenters. The van der Waals surface area contributed by atoms with E-state index < -0.39 is 10.1 Å². The van der Waals surface area contributed by atoms with Gasteiger partial charge in [0.1, 0.15) is 22.5 Å². The highest BCUT2D eigenvalue weighted by Crippen LogP contribution is 2.12. The Morgan fingerprint density at radius 2 is 1.44 bits per heavy atom. The summed E-state index contributed by atoms with van der Waals surface area (Å²) in [7, 11) is -2.15. The molecule has 0 aliphatic rings. The van der Waals surface area contributed by atoms with E-state index >= 15 is 0 Å². The monoisotopic (exact) mass is 400 g/mol. The molecule has 158 valence electrons. The number of allylic oxidation sites excluding steroid dienone is 1. The van der Waals surface area contributed by atoms with Gasteiger partial charge in [-0.1, -0.05) is 77.2 Å². The molecule has 1 rings (SSSR count). The number of rotatable bonds is 14. The van der Waals surface area contributed by atoms with E-state index in [1.54, 1.807) is 0 Å². The zero-order chi connectivity index (χ0) is 20.4. The molecule has 0 saturated heterocycles. The van der Waals surface area contributed by atoms with E-state index in [-0.39, 0.29) is 0 Å². The fourth-order valence-electron chi connectivity index (χ4n) is 2.80. The van der Waals surface area contributed by atoms with Crippen LogP contribution in [0.5, 0.6) is 0 Å².